The van der Waals surface area contributed by atoms with Gasteiger partial charge in [-0.3, -0.25) is 4.79 Å². The minimum absolute atomic E-state index is 0.100. The highest BCUT2D eigenvalue weighted by molar-refractivity contribution is 7.16. The first-order valence-corrected chi connectivity index (χ1v) is 12.1. The molecule has 1 fully saturated rings. The number of halogens is 1. The van der Waals surface area contributed by atoms with Gasteiger partial charge in [0.1, 0.15) is 23.2 Å². The van der Waals surface area contributed by atoms with Crippen molar-refractivity contribution in [3.05, 3.63) is 65.2 Å². The molecule has 2 aromatic carbocycles. The first-order chi connectivity index (χ1) is 17.0. The highest BCUT2D eigenvalue weighted by atomic mass is 32.1. The van der Waals surface area contributed by atoms with E-state index in [0.29, 0.717) is 49.3 Å². The fraction of sp³-hybridized carbons (Fsp3) is 0.280. The first-order valence-electron chi connectivity index (χ1n) is 11.2. The second kappa shape index (κ2) is 10.3. The van der Waals surface area contributed by atoms with E-state index in [-0.39, 0.29) is 24.9 Å². The smallest absolute Gasteiger partial charge is 0.260 e. The molecule has 1 saturated heterocycles. The molecule has 4 aromatic rings. The Morgan fingerprint density at radius 2 is 2.03 bits per heavy atom. The van der Waals surface area contributed by atoms with E-state index in [1.807, 2.05) is 30.6 Å². The van der Waals surface area contributed by atoms with Crippen molar-refractivity contribution in [2.45, 2.75) is 13.5 Å². The third-order valence-electron chi connectivity index (χ3n) is 5.67. The van der Waals surface area contributed by atoms with E-state index in [1.54, 1.807) is 22.3 Å². The van der Waals surface area contributed by atoms with Crippen LogP contribution in [0.1, 0.15) is 11.4 Å². The van der Waals surface area contributed by atoms with E-state index < -0.39 is 0 Å². The predicted octanol–water partition coefficient (Wildman–Crippen LogP) is 4.05. The fourth-order valence-electron chi connectivity index (χ4n) is 3.83. The summed E-state index contributed by atoms with van der Waals surface area (Å²) in [7, 11) is 0. The van der Waals surface area contributed by atoms with Gasteiger partial charge in [0.05, 0.1) is 34.6 Å². The van der Waals surface area contributed by atoms with Gasteiger partial charge in [0, 0.05) is 36.8 Å². The van der Waals surface area contributed by atoms with Crippen molar-refractivity contribution in [3.63, 3.8) is 0 Å². The van der Waals surface area contributed by atoms with Crippen molar-refractivity contribution in [2.24, 2.45) is 0 Å². The van der Waals surface area contributed by atoms with E-state index in [9.17, 15) is 9.18 Å². The molecule has 1 aliphatic heterocycles. The third kappa shape index (κ3) is 5.55. The van der Waals surface area contributed by atoms with Crippen LogP contribution in [0, 0.1) is 12.7 Å². The van der Waals surface area contributed by atoms with Gasteiger partial charge in [0.15, 0.2) is 6.61 Å². The molecule has 0 saturated carbocycles. The number of anilines is 1. The van der Waals surface area contributed by atoms with Crippen LogP contribution >= 0.6 is 11.3 Å². The van der Waals surface area contributed by atoms with Crippen molar-refractivity contribution >= 4 is 33.3 Å². The Hall–Kier alpha value is -3.63. The zero-order chi connectivity index (χ0) is 24.2. The summed E-state index contributed by atoms with van der Waals surface area (Å²) in [5.41, 5.74) is 4.91. The van der Waals surface area contributed by atoms with Gasteiger partial charge < -0.3 is 19.7 Å². The summed E-state index contributed by atoms with van der Waals surface area (Å²) < 4.78 is 26.5. The summed E-state index contributed by atoms with van der Waals surface area (Å²) in [5.74, 6) is 1.14. The lowest BCUT2D eigenvalue weighted by Crippen LogP contribution is -2.42. The third-order valence-corrected chi connectivity index (χ3v) is 6.46. The summed E-state index contributed by atoms with van der Waals surface area (Å²) in [6.45, 7) is 4.09. The number of nitrogens with one attached hydrogen (secondary N) is 1. The molecule has 180 valence electrons. The lowest BCUT2D eigenvalue weighted by Gasteiger charge is -2.26. The molecular weight excluding hydrogens is 469 g/mol. The van der Waals surface area contributed by atoms with Crippen molar-refractivity contribution in [3.8, 4) is 17.0 Å². The van der Waals surface area contributed by atoms with Crippen LogP contribution < -0.4 is 10.1 Å². The summed E-state index contributed by atoms with van der Waals surface area (Å²) >= 11 is 1.58. The van der Waals surface area contributed by atoms with Gasteiger partial charge in [-0.15, -0.1) is 11.3 Å². The molecule has 1 amide bonds. The Morgan fingerprint density at radius 1 is 1.17 bits per heavy atom. The summed E-state index contributed by atoms with van der Waals surface area (Å²) in [4.78, 5) is 27.3. The topological polar surface area (TPSA) is 89.5 Å². The first kappa shape index (κ1) is 23.1. The van der Waals surface area contributed by atoms with Crippen LogP contribution in [0.15, 0.2) is 48.0 Å². The minimum atomic E-state index is -0.369. The molecule has 0 aliphatic carbocycles. The Kier molecular flexibility index (Phi) is 6.82. The molecule has 1 N–H and O–H groups in total. The number of hydrogen-bond donors (Lipinski definition) is 1. The number of carbonyl (C=O) groups is 1. The number of aryl methyl sites for hydroxylation is 1. The van der Waals surface area contributed by atoms with Crippen LogP contribution in [0.25, 0.3) is 21.5 Å². The van der Waals surface area contributed by atoms with Gasteiger partial charge in [0.2, 0.25) is 0 Å². The molecule has 1 aliphatic rings. The van der Waals surface area contributed by atoms with Gasteiger partial charge in [-0.05, 0) is 37.3 Å². The van der Waals surface area contributed by atoms with Gasteiger partial charge in [0.25, 0.3) is 5.91 Å². The second-order valence-electron chi connectivity index (χ2n) is 8.11. The Balaban J connectivity index is 1.26. The normalized spacial score (nSPS) is 13.7. The van der Waals surface area contributed by atoms with Crippen molar-refractivity contribution in [1.29, 1.82) is 0 Å². The zero-order valence-corrected chi connectivity index (χ0v) is 20.0. The maximum Gasteiger partial charge on any atom is 0.260 e. The van der Waals surface area contributed by atoms with Crippen LogP contribution in [0.5, 0.6) is 5.75 Å². The van der Waals surface area contributed by atoms with Crippen molar-refractivity contribution in [2.75, 3.05) is 38.2 Å². The highest BCUT2D eigenvalue weighted by Gasteiger charge is 2.17. The minimum Gasteiger partial charge on any atom is -0.484 e. The number of aromatic nitrogens is 3. The maximum absolute atomic E-state index is 14.5. The van der Waals surface area contributed by atoms with Gasteiger partial charge in [-0.1, -0.05) is 6.07 Å². The van der Waals surface area contributed by atoms with E-state index in [1.165, 1.54) is 12.1 Å². The van der Waals surface area contributed by atoms with Gasteiger partial charge >= 0.3 is 0 Å². The zero-order valence-electron chi connectivity index (χ0n) is 19.2. The predicted molar refractivity (Wildman–Crippen MR) is 132 cm³/mol. The largest absolute Gasteiger partial charge is 0.484 e. The van der Waals surface area contributed by atoms with E-state index in [4.69, 9.17) is 9.47 Å². The second-order valence-corrected chi connectivity index (χ2v) is 9.00. The van der Waals surface area contributed by atoms with E-state index in [2.05, 4.69) is 26.3 Å². The summed E-state index contributed by atoms with van der Waals surface area (Å²) in [5, 5.41) is 3.18. The van der Waals surface area contributed by atoms with Crippen LogP contribution in [-0.2, 0) is 16.1 Å². The van der Waals surface area contributed by atoms with Crippen molar-refractivity contribution < 1.29 is 18.7 Å². The average Bonchev–Trinajstić information content (AvgIpc) is 3.35. The number of ether oxygens (including phenoxy) is 2. The highest BCUT2D eigenvalue weighted by Crippen LogP contribution is 2.27. The molecule has 0 spiro atoms. The van der Waals surface area contributed by atoms with Crippen LogP contribution in [0.2, 0.25) is 0 Å². The molecule has 5 rings (SSSR count). The monoisotopic (exact) mass is 493 g/mol. The van der Waals surface area contributed by atoms with Crippen LogP contribution in [0.4, 0.5) is 10.2 Å². The summed E-state index contributed by atoms with van der Waals surface area (Å²) in [6, 6.07) is 12.3. The molecule has 0 unspecified atom stereocenters. The van der Waals surface area contributed by atoms with Crippen LogP contribution in [0.3, 0.4) is 0 Å². The number of rotatable bonds is 7. The van der Waals surface area contributed by atoms with Crippen LogP contribution in [-0.4, -0.2) is 58.7 Å². The number of benzene rings is 2. The van der Waals surface area contributed by atoms with E-state index >= 15 is 0 Å². The van der Waals surface area contributed by atoms with Gasteiger partial charge in [-0.25, -0.2) is 19.3 Å². The molecule has 0 bridgehead atoms. The molecule has 2 aromatic heterocycles. The molecule has 0 radical (unpaired) electrons. The Morgan fingerprint density at radius 3 is 2.89 bits per heavy atom. The van der Waals surface area contributed by atoms with E-state index in [0.717, 1.165) is 21.5 Å². The molecule has 35 heavy (non-hydrogen) atoms. The lowest BCUT2D eigenvalue weighted by molar-refractivity contribution is -0.137. The summed E-state index contributed by atoms with van der Waals surface area (Å²) in [6.07, 6.45) is 0. The molecule has 3 heterocycles. The molecule has 8 nitrogen and oxygen atoms in total. The lowest BCUT2D eigenvalue weighted by atomic mass is 10.1. The SMILES string of the molecule is Cc1nc(NCc2cc(OCC(=O)N3CCOCC3)ccc2F)cc(-c2ccc3ncsc3c2)n1. The molecular formula is C25H24FN5O3S. The maximum atomic E-state index is 14.5. The number of hydrogen-bond acceptors (Lipinski definition) is 8. The number of fused-ring (bicyclic) bond motifs is 1. The average molecular weight is 494 g/mol. The number of morpholine rings is 1. The number of thiazole rings is 1. The fourth-order valence-corrected chi connectivity index (χ4v) is 4.55. The number of amides is 1. The molecule has 0 atom stereocenters. The number of nitrogens with zero attached hydrogens (tertiary/aromatic N) is 4. The standard InChI is InChI=1S/C25H24FN5O3S/c1-16-29-22(17-2-5-21-23(11-17)35-15-28-21)12-24(30-16)27-13-18-10-19(3-4-20(18)26)34-14-25(32)31-6-8-33-9-7-31/h2-5,10-12,15H,6-9,13-14H2,1H3,(H,27,29,30). The van der Waals surface area contributed by atoms with Crippen molar-refractivity contribution in [1.82, 2.24) is 19.9 Å². The Bertz CT molecular complexity index is 1360. The molecule has 10 heteroatoms. The Labute approximate surface area is 205 Å². The quantitative estimate of drug-likeness (QED) is 0.415. The van der Waals surface area contributed by atoms with Gasteiger partial charge in [-0.2, -0.15) is 0 Å². The number of carbonyl (C=O) groups excluding carboxylic acids is 1.